The third-order valence-corrected chi connectivity index (χ3v) is 5.27. The second kappa shape index (κ2) is 5.61. The van der Waals surface area contributed by atoms with Gasteiger partial charge in [0.15, 0.2) is 6.86 Å². The van der Waals surface area contributed by atoms with Crippen molar-refractivity contribution in [3.8, 4) is 0 Å². The molecule has 1 aliphatic heterocycles. The lowest BCUT2D eigenvalue weighted by Gasteiger charge is -2.38. The number of nitrogens with zero attached hydrogens (tertiary/aromatic N) is 3. The highest BCUT2D eigenvalue weighted by Gasteiger charge is 2.36. The Hall–Kier alpha value is 0.350. The predicted octanol–water partition coefficient (Wildman–Crippen LogP) is 1.06. The van der Waals surface area contributed by atoms with Crippen molar-refractivity contribution >= 4 is 20.5 Å². The van der Waals surface area contributed by atoms with Crippen LogP contribution in [0.2, 0.25) is 0 Å². The van der Waals surface area contributed by atoms with E-state index in [2.05, 4.69) is 12.8 Å². The van der Waals surface area contributed by atoms with Gasteiger partial charge in [0.05, 0.1) is 0 Å². The van der Waals surface area contributed by atoms with Crippen LogP contribution in [-0.2, 0) is 9.09 Å². The van der Waals surface area contributed by atoms with Gasteiger partial charge in [0.1, 0.15) is 0 Å². The van der Waals surface area contributed by atoms with E-state index in [9.17, 15) is 8.96 Å². The van der Waals surface area contributed by atoms with E-state index >= 15 is 0 Å². The quantitative estimate of drug-likeness (QED) is 0.602. The van der Waals surface area contributed by atoms with Crippen LogP contribution in [0.4, 0.5) is 4.39 Å². The zero-order chi connectivity index (χ0) is 11.5. The molecule has 0 amide bonds. The van der Waals surface area contributed by atoms with E-state index in [-0.39, 0.29) is 0 Å². The molecule has 0 bridgehead atoms. The first-order valence-corrected chi connectivity index (χ1v) is 6.61. The first kappa shape index (κ1) is 13.4. The molecule has 0 aromatic rings. The van der Waals surface area contributed by atoms with Gasteiger partial charge in [-0.15, -0.1) is 0 Å². The van der Waals surface area contributed by atoms with Crippen LogP contribution in [0.25, 0.3) is 0 Å². The summed E-state index contributed by atoms with van der Waals surface area (Å²) in [6.07, 6.45) is 0. The third-order valence-electron chi connectivity index (χ3n) is 2.31. The van der Waals surface area contributed by atoms with Crippen molar-refractivity contribution in [2.45, 2.75) is 0 Å². The summed E-state index contributed by atoms with van der Waals surface area (Å²) in [6.45, 7) is 1.49. The number of rotatable bonds is 4. The summed E-state index contributed by atoms with van der Waals surface area (Å²) >= 11 is 4.19. The van der Waals surface area contributed by atoms with Gasteiger partial charge in [-0.05, 0) is 14.1 Å². The molecular formula is C7H17FN3O2PS. The third kappa shape index (κ3) is 3.15. The molecule has 90 valence electrons. The van der Waals surface area contributed by atoms with Gasteiger partial charge in [-0.3, -0.25) is 13.4 Å². The Morgan fingerprint density at radius 3 is 2.33 bits per heavy atom. The fraction of sp³-hybridized carbons (Fsp3) is 1.00. The Morgan fingerprint density at radius 2 is 1.93 bits per heavy atom. The Bertz CT molecular complexity index is 248. The van der Waals surface area contributed by atoms with Gasteiger partial charge in [0, 0.05) is 26.2 Å². The van der Waals surface area contributed by atoms with Crippen LogP contribution in [0, 0.1) is 0 Å². The van der Waals surface area contributed by atoms with Crippen molar-refractivity contribution in [2.24, 2.45) is 0 Å². The number of piperazine rings is 1. The summed E-state index contributed by atoms with van der Waals surface area (Å²) in [5, 5.41) is 0. The first-order chi connectivity index (χ1) is 7.00. The van der Waals surface area contributed by atoms with Gasteiger partial charge in [-0.1, -0.05) is 12.8 Å². The lowest BCUT2D eigenvalue weighted by Crippen LogP contribution is -2.43. The minimum Gasteiger partial charge on any atom is -0.273 e. The minimum absolute atomic E-state index is 0.568. The van der Waals surface area contributed by atoms with Crippen LogP contribution in [-0.4, -0.2) is 60.8 Å². The topological polar surface area (TPSA) is 36.0 Å². The Morgan fingerprint density at radius 1 is 1.40 bits per heavy atom. The maximum atomic E-state index is 12.3. The summed E-state index contributed by atoms with van der Waals surface area (Å²) < 4.78 is 34.3. The minimum atomic E-state index is -3.16. The molecule has 0 spiro atoms. The summed E-state index contributed by atoms with van der Waals surface area (Å²) in [7, 11) is 0.0948. The Labute approximate surface area is 95.3 Å². The average molecular weight is 257 g/mol. The largest absolute Gasteiger partial charge is 0.347 e. The van der Waals surface area contributed by atoms with E-state index in [4.69, 9.17) is 4.52 Å². The molecule has 0 aromatic heterocycles. The lowest BCUT2D eigenvalue weighted by atomic mass is 10.4. The van der Waals surface area contributed by atoms with Crippen LogP contribution in [0.15, 0.2) is 0 Å². The molecule has 1 unspecified atom stereocenters. The van der Waals surface area contributed by atoms with Gasteiger partial charge in [-0.25, -0.2) is 13.7 Å². The molecular weight excluding hydrogens is 240 g/mol. The van der Waals surface area contributed by atoms with Gasteiger partial charge in [-0.2, -0.15) is 0 Å². The monoisotopic (exact) mass is 257 g/mol. The fourth-order valence-electron chi connectivity index (χ4n) is 1.45. The predicted molar refractivity (Wildman–Crippen MR) is 60.5 cm³/mol. The molecule has 1 heterocycles. The summed E-state index contributed by atoms with van der Waals surface area (Å²) in [5.74, 6) is 0. The molecule has 1 fully saturated rings. The molecule has 0 aromatic carbocycles. The van der Waals surface area contributed by atoms with Crippen LogP contribution < -0.4 is 0 Å². The van der Waals surface area contributed by atoms with Crippen molar-refractivity contribution in [3.05, 3.63) is 0 Å². The Kier molecular flexibility index (Phi) is 5.02. The van der Waals surface area contributed by atoms with Crippen molar-refractivity contribution < 1.29 is 13.5 Å². The van der Waals surface area contributed by atoms with Crippen molar-refractivity contribution in [1.29, 1.82) is 0 Å². The fourth-order valence-corrected chi connectivity index (χ4v) is 3.34. The van der Waals surface area contributed by atoms with E-state index in [1.165, 1.54) is 4.67 Å². The molecule has 8 heteroatoms. The lowest BCUT2D eigenvalue weighted by molar-refractivity contribution is 0.141. The van der Waals surface area contributed by atoms with Crippen molar-refractivity contribution in [2.75, 3.05) is 47.1 Å². The molecule has 0 saturated carbocycles. The molecule has 0 aliphatic carbocycles. The number of halogens is 1. The second-order valence-electron chi connectivity index (χ2n) is 3.48. The number of hydrogen-bond acceptors (Lipinski definition) is 4. The summed E-state index contributed by atoms with van der Waals surface area (Å²) in [5.41, 5.74) is 0. The first-order valence-electron chi connectivity index (χ1n) is 4.68. The number of hydrogen-bond donors (Lipinski definition) is 1. The smallest absolute Gasteiger partial charge is 0.273 e. The molecule has 15 heavy (non-hydrogen) atoms. The highest BCUT2D eigenvalue weighted by molar-refractivity contribution is 7.77. The molecule has 5 nitrogen and oxygen atoms in total. The zero-order valence-electron chi connectivity index (χ0n) is 8.97. The van der Waals surface area contributed by atoms with Crippen LogP contribution in [0.3, 0.4) is 0 Å². The van der Waals surface area contributed by atoms with Gasteiger partial charge in [0.2, 0.25) is 0 Å². The van der Waals surface area contributed by atoms with E-state index in [1.807, 2.05) is 4.31 Å². The normalized spacial score (nSPS) is 24.3. The van der Waals surface area contributed by atoms with Crippen molar-refractivity contribution in [3.63, 3.8) is 0 Å². The maximum Gasteiger partial charge on any atom is 0.347 e. The molecule has 1 atom stereocenters. The maximum absolute atomic E-state index is 12.3. The average Bonchev–Trinajstić information content (AvgIpc) is 2.18. The van der Waals surface area contributed by atoms with Gasteiger partial charge < -0.3 is 0 Å². The van der Waals surface area contributed by atoms with Crippen molar-refractivity contribution in [1.82, 2.24) is 13.6 Å². The molecule has 1 saturated heterocycles. The summed E-state index contributed by atoms with van der Waals surface area (Å²) in [4.78, 5) is 0. The van der Waals surface area contributed by atoms with Crippen LogP contribution in [0.1, 0.15) is 0 Å². The SMILES string of the molecule is CN(C)P(=O)(OCF)N1CCN(S)CC1. The number of alkyl halides is 1. The van der Waals surface area contributed by atoms with E-state index in [0.717, 1.165) is 0 Å². The van der Waals surface area contributed by atoms with Crippen LogP contribution >= 0.6 is 20.5 Å². The molecule has 1 aliphatic rings. The molecule has 0 radical (unpaired) electrons. The van der Waals surface area contributed by atoms with E-state index < -0.39 is 14.5 Å². The highest BCUT2D eigenvalue weighted by Crippen LogP contribution is 2.52. The number of thiol groups is 1. The Balaban J connectivity index is 2.68. The standard InChI is InChI=1S/C7H17FN3O2PS/c1-9(2)14(12,13-7-8)10-3-5-11(15)6-4-10/h15H,3-7H2,1-2H3. The second-order valence-corrected chi connectivity index (χ2v) is 6.65. The summed E-state index contributed by atoms with van der Waals surface area (Å²) in [6, 6.07) is 0. The van der Waals surface area contributed by atoms with Gasteiger partial charge >= 0.3 is 7.67 Å². The van der Waals surface area contributed by atoms with E-state index in [1.54, 1.807) is 18.8 Å². The van der Waals surface area contributed by atoms with E-state index in [0.29, 0.717) is 26.2 Å². The highest BCUT2D eigenvalue weighted by atomic mass is 32.1. The zero-order valence-corrected chi connectivity index (χ0v) is 10.8. The van der Waals surface area contributed by atoms with Gasteiger partial charge in [0.25, 0.3) is 0 Å². The molecule has 1 rings (SSSR count). The molecule has 0 N–H and O–H groups in total. The van der Waals surface area contributed by atoms with Crippen LogP contribution in [0.5, 0.6) is 0 Å².